The van der Waals surface area contributed by atoms with Gasteiger partial charge in [-0.25, -0.2) is 8.42 Å². The molecule has 0 bridgehead atoms. The van der Waals surface area contributed by atoms with Gasteiger partial charge in [0.25, 0.3) is 15.9 Å². The van der Waals surface area contributed by atoms with E-state index in [2.05, 4.69) is 10.0 Å². The second-order valence-electron chi connectivity index (χ2n) is 5.46. The third-order valence-corrected chi connectivity index (χ3v) is 5.40. The van der Waals surface area contributed by atoms with Gasteiger partial charge in [-0.1, -0.05) is 23.7 Å². The Labute approximate surface area is 164 Å². The van der Waals surface area contributed by atoms with Gasteiger partial charge < -0.3 is 9.73 Å². The fraction of sp³-hybridized carbons (Fsp3) is 0. The number of hydrogen-bond acceptors (Lipinski definition) is 6. The molecule has 2 N–H and O–H groups in total. The van der Waals surface area contributed by atoms with Crippen LogP contribution in [0.5, 0.6) is 0 Å². The standard InChI is InChI=1S/C17H12ClN3O6S/c18-13-3-1-2-4-15(13)28(25,26)20-12-7-5-11(6-8-12)19-17(22)14-9-10-16(27-14)21(23)24/h1-10,20H,(H,19,22). The molecule has 0 radical (unpaired) electrons. The third-order valence-electron chi connectivity index (χ3n) is 3.52. The summed E-state index contributed by atoms with van der Waals surface area (Å²) < 4.78 is 32.0. The zero-order valence-corrected chi connectivity index (χ0v) is 15.5. The van der Waals surface area contributed by atoms with Crippen LogP contribution in [0, 0.1) is 10.1 Å². The smallest absolute Gasteiger partial charge is 0.395 e. The van der Waals surface area contributed by atoms with Crippen molar-refractivity contribution in [3.63, 3.8) is 0 Å². The maximum absolute atomic E-state index is 12.4. The molecule has 0 atom stereocenters. The Balaban J connectivity index is 1.70. The molecule has 3 aromatic rings. The maximum atomic E-state index is 12.4. The average molecular weight is 422 g/mol. The van der Waals surface area contributed by atoms with Crippen molar-refractivity contribution in [3.8, 4) is 0 Å². The van der Waals surface area contributed by atoms with E-state index in [9.17, 15) is 23.3 Å². The molecule has 11 heteroatoms. The van der Waals surface area contributed by atoms with Crippen LogP contribution in [0.2, 0.25) is 5.02 Å². The van der Waals surface area contributed by atoms with Crippen LogP contribution in [0.4, 0.5) is 17.3 Å². The van der Waals surface area contributed by atoms with Crippen molar-refractivity contribution in [2.75, 3.05) is 10.0 Å². The SMILES string of the molecule is O=C(Nc1ccc(NS(=O)(=O)c2ccccc2Cl)cc1)c1ccc([N+](=O)[O-])o1. The molecule has 3 rings (SSSR count). The minimum atomic E-state index is -3.88. The molecule has 1 heterocycles. The van der Waals surface area contributed by atoms with Gasteiger partial charge in [0.1, 0.15) is 9.82 Å². The van der Waals surface area contributed by atoms with E-state index in [0.717, 1.165) is 6.07 Å². The molecular formula is C17H12ClN3O6S. The summed E-state index contributed by atoms with van der Waals surface area (Å²) in [4.78, 5) is 21.8. The highest BCUT2D eigenvalue weighted by Gasteiger charge is 2.19. The summed E-state index contributed by atoms with van der Waals surface area (Å²) >= 11 is 5.92. The minimum Gasteiger partial charge on any atom is -0.395 e. The van der Waals surface area contributed by atoms with E-state index in [0.29, 0.717) is 5.69 Å². The van der Waals surface area contributed by atoms with Gasteiger partial charge in [0, 0.05) is 11.4 Å². The number of amides is 1. The van der Waals surface area contributed by atoms with E-state index in [1.165, 1.54) is 42.5 Å². The zero-order valence-electron chi connectivity index (χ0n) is 14.0. The van der Waals surface area contributed by atoms with E-state index in [-0.39, 0.29) is 21.4 Å². The largest absolute Gasteiger partial charge is 0.433 e. The van der Waals surface area contributed by atoms with E-state index in [1.54, 1.807) is 12.1 Å². The van der Waals surface area contributed by atoms with Crippen LogP contribution >= 0.6 is 11.6 Å². The molecular weight excluding hydrogens is 410 g/mol. The Morgan fingerprint density at radius 3 is 2.25 bits per heavy atom. The third kappa shape index (κ3) is 4.30. The summed E-state index contributed by atoms with van der Waals surface area (Å²) in [5, 5.41) is 13.2. The van der Waals surface area contributed by atoms with Crippen molar-refractivity contribution in [3.05, 3.63) is 81.6 Å². The quantitative estimate of drug-likeness (QED) is 0.458. The molecule has 0 saturated carbocycles. The van der Waals surface area contributed by atoms with Crippen LogP contribution in [0.3, 0.4) is 0 Å². The number of nitrogens with zero attached hydrogens (tertiary/aromatic N) is 1. The molecule has 0 saturated heterocycles. The van der Waals surface area contributed by atoms with Gasteiger partial charge in [-0.05, 0) is 42.5 Å². The number of hydrogen-bond donors (Lipinski definition) is 2. The Morgan fingerprint density at radius 2 is 1.64 bits per heavy atom. The predicted molar refractivity (Wildman–Crippen MR) is 102 cm³/mol. The molecule has 0 unspecified atom stereocenters. The highest BCUT2D eigenvalue weighted by Crippen LogP contribution is 2.24. The van der Waals surface area contributed by atoms with Gasteiger partial charge in [-0.15, -0.1) is 0 Å². The van der Waals surface area contributed by atoms with Gasteiger partial charge in [0.05, 0.1) is 11.1 Å². The fourth-order valence-corrected chi connectivity index (χ4v) is 3.81. The van der Waals surface area contributed by atoms with E-state index >= 15 is 0 Å². The number of rotatable bonds is 6. The number of carbonyl (C=O) groups is 1. The number of nitrogens with one attached hydrogen (secondary N) is 2. The monoisotopic (exact) mass is 421 g/mol. The molecule has 0 aliphatic rings. The summed E-state index contributed by atoms with van der Waals surface area (Å²) in [6.45, 7) is 0. The van der Waals surface area contributed by atoms with Crippen LogP contribution in [0.1, 0.15) is 10.6 Å². The fourth-order valence-electron chi connectivity index (χ4n) is 2.23. The van der Waals surface area contributed by atoms with Crippen molar-refractivity contribution in [1.82, 2.24) is 0 Å². The van der Waals surface area contributed by atoms with E-state index in [1.807, 2.05) is 0 Å². The maximum Gasteiger partial charge on any atom is 0.433 e. The summed E-state index contributed by atoms with van der Waals surface area (Å²) in [5.74, 6) is -1.46. The summed E-state index contributed by atoms with van der Waals surface area (Å²) in [6, 6.07) is 14.1. The molecule has 0 fully saturated rings. The lowest BCUT2D eigenvalue weighted by Gasteiger charge is -2.10. The van der Waals surface area contributed by atoms with Crippen LogP contribution in [-0.4, -0.2) is 19.2 Å². The number of anilines is 2. The first-order valence-electron chi connectivity index (χ1n) is 7.69. The molecule has 2 aromatic carbocycles. The number of sulfonamides is 1. The van der Waals surface area contributed by atoms with Gasteiger partial charge in [0.15, 0.2) is 5.76 Å². The summed E-state index contributed by atoms with van der Waals surface area (Å²) in [6.07, 6.45) is 0. The van der Waals surface area contributed by atoms with Crippen molar-refractivity contribution in [2.45, 2.75) is 4.90 Å². The van der Waals surface area contributed by atoms with E-state index in [4.69, 9.17) is 16.0 Å². The minimum absolute atomic E-state index is 0.0616. The van der Waals surface area contributed by atoms with Crippen molar-refractivity contribution in [2.24, 2.45) is 0 Å². The molecule has 1 aromatic heterocycles. The van der Waals surface area contributed by atoms with Gasteiger partial charge in [0.2, 0.25) is 0 Å². The van der Waals surface area contributed by atoms with Crippen LogP contribution in [0.25, 0.3) is 0 Å². The molecule has 0 spiro atoms. The number of furan rings is 1. The normalized spacial score (nSPS) is 11.0. The lowest BCUT2D eigenvalue weighted by Crippen LogP contribution is -2.14. The molecule has 28 heavy (non-hydrogen) atoms. The molecule has 144 valence electrons. The average Bonchev–Trinajstić information content (AvgIpc) is 3.14. The van der Waals surface area contributed by atoms with Gasteiger partial charge in [-0.3, -0.25) is 19.6 Å². The van der Waals surface area contributed by atoms with Crippen LogP contribution in [-0.2, 0) is 10.0 Å². The summed E-state index contributed by atoms with van der Waals surface area (Å²) in [7, 11) is -3.88. The molecule has 1 amide bonds. The van der Waals surface area contributed by atoms with Crippen LogP contribution in [0.15, 0.2) is 70.0 Å². The highest BCUT2D eigenvalue weighted by atomic mass is 35.5. The van der Waals surface area contributed by atoms with E-state index < -0.39 is 26.7 Å². The van der Waals surface area contributed by atoms with Gasteiger partial charge in [-0.2, -0.15) is 0 Å². The number of carbonyl (C=O) groups excluding carboxylic acids is 1. The van der Waals surface area contributed by atoms with Crippen molar-refractivity contribution < 1.29 is 22.6 Å². The Bertz CT molecular complexity index is 1140. The first-order chi connectivity index (χ1) is 13.3. The molecule has 0 aliphatic carbocycles. The highest BCUT2D eigenvalue weighted by molar-refractivity contribution is 7.92. The number of nitro groups is 1. The zero-order chi connectivity index (χ0) is 20.3. The number of halogens is 1. The Kier molecular flexibility index (Phi) is 5.34. The van der Waals surface area contributed by atoms with Crippen molar-refractivity contribution >= 4 is 44.8 Å². The second-order valence-corrected chi connectivity index (χ2v) is 7.52. The first kappa shape index (κ1) is 19.4. The van der Waals surface area contributed by atoms with Crippen LogP contribution < -0.4 is 10.0 Å². The second kappa shape index (κ2) is 7.71. The lowest BCUT2D eigenvalue weighted by atomic mass is 10.3. The Hall–Kier alpha value is -3.37. The summed E-state index contributed by atoms with van der Waals surface area (Å²) in [5.41, 5.74) is 0.594. The van der Waals surface area contributed by atoms with Gasteiger partial charge >= 0.3 is 5.88 Å². The first-order valence-corrected chi connectivity index (χ1v) is 9.55. The topological polar surface area (TPSA) is 132 Å². The van der Waals surface area contributed by atoms with Crippen molar-refractivity contribution in [1.29, 1.82) is 0 Å². The number of benzene rings is 2. The Morgan fingerprint density at radius 1 is 1.00 bits per heavy atom. The molecule has 0 aliphatic heterocycles. The lowest BCUT2D eigenvalue weighted by molar-refractivity contribution is -0.402. The predicted octanol–water partition coefficient (Wildman–Crippen LogP) is 3.89. The molecule has 9 nitrogen and oxygen atoms in total.